The van der Waals surface area contributed by atoms with Gasteiger partial charge in [-0.05, 0) is 30.7 Å². The molecule has 0 radical (unpaired) electrons. The molecule has 104 valence electrons. The molecular formula is C15H16N2O2S. The zero-order valence-corrected chi connectivity index (χ0v) is 11.8. The molecule has 1 fully saturated rings. The van der Waals surface area contributed by atoms with Gasteiger partial charge in [-0.15, -0.1) is 0 Å². The number of rotatable bonds is 3. The number of hydrogen-bond acceptors (Lipinski definition) is 4. The second kappa shape index (κ2) is 5.25. The van der Waals surface area contributed by atoms with E-state index in [-0.39, 0.29) is 5.25 Å². The summed E-state index contributed by atoms with van der Waals surface area (Å²) in [7, 11) is -3.24. The van der Waals surface area contributed by atoms with E-state index in [2.05, 4.69) is 9.88 Å². The normalized spacial score (nSPS) is 19.2. The van der Waals surface area contributed by atoms with E-state index < -0.39 is 9.84 Å². The maximum absolute atomic E-state index is 12.6. The molecule has 2 heterocycles. The molecule has 1 atom stereocenters. The minimum Gasteiger partial charge on any atom is -0.370 e. The number of hydrogen-bond donors (Lipinski definition) is 0. The van der Waals surface area contributed by atoms with Crippen LogP contribution in [-0.2, 0) is 9.84 Å². The topological polar surface area (TPSA) is 50.3 Å². The van der Waals surface area contributed by atoms with E-state index in [1.165, 1.54) is 0 Å². The molecule has 0 bridgehead atoms. The fraction of sp³-hybridized carbons (Fsp3) is 0.267. The van der Waals surface area contributed by atoms with Gasteiger partial charge >= 0.3 is 0 Å². The van der Waals surface area contributed by atoms with Crippen LogP contribution in [-0.4, -0.2) is 31.7 Å². The van der Waals surface area contributed by atoms with Crippen LogP contribution in [0, 0.1) is 0 Å². The first kappa shape index (κ1) is 13.1. The van der Waals surface area contributed by atoms with E-state index in [1.807, 2.05) is 18.2 Å². The van der Waals surface area contributed by atoms with Gasteiger partial charge in [0, 0.05) is 31.2 Å². The van der Waals surface area contributed by atoms with Gasteiger partial charge in [0.25, 0.3) is 0 Å². The largest absolute Gasteiger partial charge is 0.370 e. The lowest BCUT2D eigenvalue weighted by molar-refractivity contribution is 0.583. The van der Waals surface area contributed by atoms with Crippen LogP contribution >= 0.6 is 0 Å². The van der Waals surface area contributed by atoms with Crippen LogP contribution in [0.1, 0.15) is 6.42 Å². The van der Waals surface area contributed by atoms with E-state index in [0.29, 0.717) is 17.9 Å². The Morgan fingerprint density at radius 1 is 1.05 bits per heavy atom. The van der Waals surface area contributed by atoms with Crippen molar-refractivity contribution in [2.45, 2.75) is 16.6 Å². The van der Waals surface area contributed by atoms with Gasteiger partial charge in [0.15, 0.2) is 9.84 Å². The molecule has 5 heteroatoms. The van der Waals surface area contributed by atoms with Crippen molar-refractivity contribution in [1.82, 2.24) is 4.98 Å². The first-order valence-electron chi connectivity index (χ1n) is 6.62. The number of nitrogens with zero attached hydrogens (tertiary/aromatic N) is 2. The fourth-order valence-electron chi connectivity index (χ4n) is 2.57. The van der Waals surface area contributed by atoms with Crippen molar-refractivity contribution in [1.29, 1.82) is 0 Å². The zero-order valence-electron chi connectivity index (χ0n) is 11.0. The lowest BCUT2D eigenvalue weighted by Crippen LogP contribution is -2.27. The summed E-state index contributed by atoms with van der Waals surface area (Å²) in [5, 5.41) is -0.335. The third-order valence-corrected chi connectivity index (χ3v) is 5.88. The van der Waals surface area contributed by atoms with Crippen LogP contribution in [0.15, 0.2) is 59.8 Å². The Morgan fingerprint density at radius 2 is 1.75 bits per heavy atom. The Bertz CT molecular complexity index is 672. The second-order valence-corrected chi connectivity index (χ2v) is 7.15. The van der Waals surface area contributed by atoms with E-state index in [9.17, 15) is 8.42 Å². The molecule has 1 aliphatic heterocycles. The molecule has 0 amide bonds. The lowest BCUT2D eigenvalue weighted by atomic mass is 10.4. The Morgan fingerprint density at radius 3 is 2.45 bits per heavy atom. The monoisotopic (exact) mass is 288 g/mol. The lowest BCUT2D eigenvalue weighted by Gasteiger charge is -2.18. The van der Waals surface area contributed by atoms with Gasteiger partial charge in [0.1, 0.15) is 0 Å². The molecule has 0 N–H and O–H groups in total. The molecule has 1 aromatic carbocycles. The van der Waals surface area contributed by atoms with Gasteiger partial charge in [-0.25, -0.2) is 8.42 Å². The molecule has 2 aromatic rings. The van der Waals surface area contributed by atoms with Crippen LogP contribution < -0.4 is 4.90 Å². The predicted molar refractivity (Wildman–Crippen MR) is 78.5 cm³/mol. The van der Waals surface area contributed by atoms with Crippen molar-refractivity contribution in [3.63, 3.8) is 0 Å². The van der Waals surface area contributed by atoms with Crippen molar-refractivity contribution >= 4 is 15.5 Å². The van der Waals surface area contributed by atoms with Crippen LogP contribution in [0.3, 0.4) is 0 Å². The van der Waals surface area contributed by atoms with Gasteiger partial charge in [-0.1, -0.05) is 18.2 Å². The maximum atomic E-state index is 12.6. The number of anilines is 1. The van der Waals surface area contributed by atoms with Crippen molar-refractivity contribution in [3.05, 3.63) is 54.9 Å². The van der Waals surface area contributed by atoms with Gasteiger partial charge in [-0.3, -0.25) is 4.98 Å². The summed E-state index contributed by atoms with van der Waals surface area (Å²) >= 11 is 0. The van der Waals surface area contributed by atoms with Gasteiger partial charge < -0.3 is 4.90 Å². The minimum absolute atomic E-state index is 0.335. The molecule has 0 saturated carbocycles. The molecule has 1 unspecified atom stereocenters. The van der Waals surface area contributed by atoms with E-state index in [1.54, 1.807) is 36.7 Å². The first-order chi connectivity index (χ1) is 9.68. The van der Waals surface area contributed by atoms with E-state index in [4.69, 9.17) is 0 Å². The number of benzene rings is 1. The summed E-state index contributed by atoms with van der Waals surface area (Å²) in [6.45, 7) is 1.31. The Balaban J connectivity index is 1.81. The van der Waals surface area contributed by atoms with Crippen molar-refractivity contribution in [2.75, 3.05) is 18.0 Å². The molecule has 1 saturated heterocycles. The molecule has 3 rings (SSSR count). The Labute approximate surface area is 119 Å². The summed E-state index contributed by atoms with van der Waals surface area (Å²) < 4.78 is 25.1. The summed E-state index contributed by atoms with van der Waals surface area (Å²) in [5.41, 5.74) is 1.03. The highest BCUT2D eigenvalue weighted by atomic mass is 32.2. The SMILES string of the molecule is O=S(=O)(c1ccccc1)C1CCN(c2ccncc2)C1. The number of aromatic nitrogens is 1. The number of pyridine rings is 1. The zero-order chi connectivity index (χ0) is 14.0. The minimum atomic E-state index is -3.24. The van der Waals surface area contributed by atoms with Crippen LogP contribution in [0.2, 0.25) is 0 Å². The summed E-state index contributed by atoms with van der Waals surface area (Å²) in [4.78, 5) is 6.51. The summed E-state index contributed by atoms with van der Waals surface area (Å²) in [5.74, 6) is 0. The standard InChI is InChI=1S/C15H16N2O2S/c18-20(19,14-4-2-1-3-5-14)15-8-11-17(12-15)13-6-9-16-10-7-13/h1-7,9-10,15H,8,11-12H2. The molecule has 0 aliphatic carbocycles. The highest BCUT2D eigenvalue weighted by molar-refractivity contribution is 7.92. The molecule has 1 aliphatic rings. The van der Waals surface area contributed by atoms with Gasteiger partial charge in [0.2, 0.25) is 0 Å². The molecular weight excluding hydrogens is 272 g/mol. The average molecular weight is 288 g/mol. The molecule has 0 spiro atoms. The smallest absolute Gasteiger partial charge is 0.183 e. The predicted octanol–water partition coefficient (Wildman–Crippen LogP) is 2.13. The maximum Gasteiger partial charge on any atom is 0.183 e. The first-order valence-corrected chi connectivity index (χ1v) is 8.16. The summed E-state index contributed by atoms with van der Waals surface area (Å²) in [6, 6.07) is 12.5. The average Bonchev–Trinajstić information content (AvgIpc) is 3.00. The Hall–Kier alpha value is -1.88. The quantitative estimate of drug-likeness (QED) is 0.868. The number of sulfone groups is 1. The highest BCUT2D eigenvalue weighted by Crippen LogP contribution is 2.27. The highest BCUT2D eigenvalue weighted by Gasteiger charge is 2.34. The fourth-order valence-corrected chi connectivity index (χ4v) is 4.29. The van der Waals surface area contributed by atoms with Gasteiger partial charge in [-0.2, -0.15) is 0 Å². The Kier molecular flexibility index (Phi) is 3.44. The molecule has 4 nitrogen and oxygen atoms in total. The van der Waals surface area contributed by atoms with Crippen LogP contribution in [0.25, 0.3) is 0 Å². The molecule has 1 aromatic heterocycles. The third-order valence-electron chi connectivity index (χ3n) is 3.68. The van der Waals surface area contributed by atoms with Crippen LogP contribution in [0.5, 0.6) is 0 Å². The van der Waals surface area contributed by atoms with Crippen molar-refractivity contribution in [3.8, 4) is 0 Å². The van der Waals surface area contributed by atoms with Gasteiger partial charge in [0.05, 0.1) is 10.1 Å². The van der Waals surface area contributed by atoms with E-state index >= 15 is 0 Å². The van der Waals surface area contributed by atoms with Crippen molar-refractivity contribution in [2.24, 2.45) is 0 Å². The summed E-state index contributed by atoms with van der Waals surface area (Å²) in [6.07, 6.45) is 4.13. The van der Waals surface area contributed by atoms with Crippen LogP contribution in [0.4, 0.5) is 5.69 Å². The molecule has 20 heavy (non-hydrogen) atoms. The third kappa shape index (κ3) is 2.41. The van der Waals surface area contributed by atoms with Crippen molar-refractivity contribution < 1.29 is 8.42 Å². The van der Waals surface area contributed by atoms with E-state index in [0.717, 1.165) is 12.2 Å². The second-order valence-electron chi connectivity index (χ2n) is 4.92.